The van der Waals surface area contributed by atoms with Crippen molar-refractivity contribution in [2.75, 3.05) is 42.8 Å². The Bertz CT molecular complexity index is 991. The number of morpholine rings is 1. The first-order valence-electron chi connectivity index (χ1n) is 11.4. The van der Waals surface area contributed by atoms with E-state index < -0.39 is 15.3 Å². The first-order valence-corrected chi connectivity index (χ1v) is 13.3. The van der Waals surface area contributed by atoms with Crippen LogP contribution in [0.3, 0.4) is 0 Å². The van der Waals surface area contributed by atoms with E-state index in [9.17, 15) is 13.9 Å². The van der Waals surface area contributed by atoms with Gasteiger partial charge in [0, 0.05) is 36.7 Å². The fourth-order valence-electron chi connectivity index (χ4n) is 4.23. The summed E-state index contributed by atoms with van der Waals surface area (Å²) in [5, 5.41) is 5.49. The molecule has 0 bridgehead atoms. The molecular formula is C23H33N5O4S. The lowest BCUT2D eigenvalue weighted by Gasteiger charge is -2.39. The van der Waals surface area contributed by atoms with Crippen molar-refractivity contribution in [3.05, 3.63) is 36.0 Å². The van der Waals surface area contributed by atoms with Gasteiger partial charge in [0.1, 0.15) is 10.6 Å². The third kappa shape index (κ3) is 4.93. The zero-order valence-electron chi connectivity index (χ0n) is 19.4. The number of hydrogen-bond acceptors (Lipinski definition) is 7. The van der Waals surface area contributed by atoms with E-state index in [1.165, 1.54) is 6.26 Å². The van der Waals surface area contributed by atoms with E-state index in [-0.39, 0.29) is 12.1 Å². The van der Waals surface area contributed by atoms with E-state index in [1.54, 1.807) is 0 Å². The maximum atomic E-state index is 11.8. The highest BCUT2D eigenvalue weighted by atomic mass is 32.3. The van der Waals surface area contributed by atoms with Crippen LogP contribution < -0.4 is 15.5 Å². The average molecular weight is 476 g/mol. The lowest BCUT2D eigenvalue weighted by atomic mass is 10.1. The molecule has 4 rings (SSSR count). The molecule has 2 aliphatic rings. The van der Waals surface area contributed by atoms with Crippen LogP contribution in [0.1, 0.15) is 38.8 Å². The summed E-state index contributed by atoms with van der Waals surface area (Å²) >= 11 is 0. The second kappa shape index (κ2) is 9.46. The standard InChI is InChI=1S/C23H33N5O4S/c1-4-18-15-32-13-12-28(18)20-14-19(23(10-11-23)33(3,30)31)26-21(27-20)16-6-8-17(9-7-16)25-22(29)24-5-2/h6-9,14,18,30-31H,4-5,10-13,15H2,1-3H3,(H2,24,25,29)/t18-/m0/s1. The summed E-state index contributed by atoms with van der Waals surface area (Å²) < 4.78 is 26.1. The summed E-state index contributed by atoms with van der Waals surface area (Å²) in [6.45, 7) is 6.52. The number of urea groups is 1. The fraction of sp³-hybridized carbons (Fsp3) is 0.522. The second-order valence-electron chi connectivity index (χ2n) is 8.65. The molecule has 1 aromatic heterocycles. The number of benzene rings is 1. The molecule has 1 aromatic carbocycles. The van der Waals surface area contributed by atoms with Crippen molar-refractivity contribution in [3.8, 4) is 11.4 Å². The predicted molar refractivity (Wildman–Crippen MR) is 132 cm³/mol. The number of rotatable bonds is 7. The Hall–Kier alpha value is -2.40. The van der Waals surface area contributed by atoms with Crippen molar-refractivity contribution in [2.24, 2.45) is 0 Å². The van der Waals surface area contributed by atoms with Crippen molar-refractivity contribution < 1.29 is 18.6 Å². The Balaban J connectivity index is 1.72. The Morgan fingerprint density at radius 2 is 1.97 bits per heavy atom. The Morgan fingerprint density at radius 1 is 1.24 bits per heavy atom. The van der Waals surface area contributed by atoms with Gasteiger partial charge in [0.2, 0.25) is 0 Å². The normalized spacial score (nSPS) is 20.3. The van der Waals surface area contributed by atoms with Gasteiger partial charge in [0.25, 0.3) is 0 Å². The summed E-state index contributed by atoms with van der Waals surface area (Å²) in [4.78, 5) is 23.7. The maximum absolute atomic E-state index is 11.8. The molecule has 9 nitrogen and oxygen atoms in total. The number of carbonyl (C=O) groups is 1. The number of carbonyl (C=O) groups excluding carboxylic acids is 1. The van der Waals surface area contributed by atoms with Crippen LogP contribution in [-0.2, 0) is 9.48 Å². The third-order valence-electron chi connectivity index (χ3n) is 6.36. The van der Waals surface area contributed by atoms with Gasteiger partial charge in [0.15, 0.2) is 5.82 Å². The third-order valence-corrected chi connectivity index (χ3v) is 8.45. The van der Waals surface area contributed by atoms with Gasteiger partial charge in [0.05, 0.1) is 24.9 Å². The molecule has 0 spiro atoms. The van der Waals surface area contributed by atoms with Gasteiger partial charge in [-0.25, -0.2) is 14.8 Å². The van der Waals surface area contributed by atoms with Crippen molar-refractivity contribution in [1.29, 1.82) is 0 Å². The molecule has 2 amide bonds. The van der Waals surface area contributed by atoms with Crippen LogP contribution in [0.4, 0.5) is 16.3 Å². The molecular weight excluding hydrogens is 442 g/mol. The molecule has 1 atom stereocenters. The number of nitrogens with zero attached hydrogens (tertiary/aromatic N) is 3. The lowest BCUT2D eigenvalue weighted by molar-refractivity contribution is 0.0925. The largest absolute Gasteiger partial charge is 0.377 e. The summed E-state index contributed by atoms with van der Waals surface area (Å²) in [7, 11) is -2.82. The highest BCUT2D eigenvalue weighted by Gasteiger charge is 2.55. The van der Waals surface area contributed by atoms with Gasteiger partial charge in [-0.05, 0) is 50.5 Å². The summed E-state index contributed by atoms with van der Waals surface area (Å²) in [5.41, 5.74) is 2.14. The topological polar surface area (TPSA) is 120 Å². The maximum Gasteiger partial charge on any atom is 0.319 e. The van der Waals surface area contributed by atoms with Gasteiger partial charge in [-0.15, -0.1) is 0 Å². The van der Waals surface area contributed by atoms with E-state index in [4.69, 9.17) is 14.7 Å². The van der Waals surface area contributed by atoms with Gasteiger partial charge in [-0.3, -0.25) is 9.11 Å². The summed E-state index contributed by atoms with van der Waals surface area (Å²) in [5.74, 6) is 1.31. The number of hydrogen-bond donors (Lipinski definition) is 4. The molecule has 10 heteroatoms. The molecule has 2 aromatic rings. The molecule has 0 unspecified atom stereocenters. The monoisotopic (exact) mass is 475 g/mol. The van der Waals surface area contributed by atoms with Gasteiger partial charge in [-0.2, -0.15) is 10.6 Å². The fourth-order valence-corrected chi connectivity index (χ4v) is 5.61. The molecule has 1 aliphatic heterocycles. The van der Waals surface area contributed by atoms with Gasteiger partial charge in [-0.1, -0.05) is 6.92 Å². The van der Waals surface area contributed by atoms with Crippen molar-refractivity contribution in [3.63, 3.8) is 0 Å². The lowest BCUT2D eigenvalue weighted by Crippen LogP contribution is -2.45. The van der Waals surface area contributed by atoms with Crippen molar-refractivity contribution >= 4 is 28.1 Å². The molecule has 1 aliphatic carbocycles. The molecule has 180 valence electrons. The minimum atomic E-state index is -2.82. The Labute approximate surface area is 196 Å². The van der Waals surface area contributed by atoms with Gasteiger partial charge >= 0.3 is 6.03 Å². The van der Waals surface area contributed by atoms with Gasteiger partial charge < -0.3 is 20.3 Å². The first kappa shape index (κ1) is 23.7. The van der Waals surface area contributed by atoms with Crippen LogP contribution in [-0.4, -0.2) is 63.7 Å². The molecule has 2 heterocycles. The first-order chi connectivity index (χ1) is 15.8. The zero-order chi connectivity index (χ0) is 23.6. The van der Waals surface area contributed by atoms with Crippen LogP contribution >= 0.6 is 10.6 Å². The van der Waals surface area contributed by atoms with Crippen molar-refractivity contribution in [1.82, 2.24) is 15.3 Å². The number of anilines is 2. The Morgan fingerprint density at radius 3 is 2.58 bits per heavy atom. The van der Waals surface area contributed by atoms with Crippen LogP contribution in [0.5, 0.6) is 0 Å². The van der Waals surface area contributed by atoms with Crippen LogP contribution in [0.25, 0.3) is 11.4 Å². The Kier molecular flexibility index (Phi) is 6.81. The number of ether oxygens (including phenoxy) is 1. The van der Waals surface area contributed by atoms with E-state index >= 15 is 0 Å². The van der Waals surface area contributed by atoms with Crippen LogP contribution in [0.15, 0.2) is 30.3 Å². The highest BCUT2D eigenvalue weighted by molar-refractivity contribution is 8.24. The van der Waals surface area contributed by atoms with Crippen molar-refractivity contribution in [2.45, 2.75) is 43.9 Å². The molecule has 1 saturated carbocycles. The van der Waals surface area contributed by atoms with E-state index in [0.29, 0.717) is 49.8 Å². The minimum absolute atomic E-state index is 0.204. The second-order valence-corrected chi connectivity index (χ2v) is 11.1. The highest BCUT2D eigenvalue weighted by Crippen LogP contribution is 2.69. The zero-order valence-corrected chi connectivity index (χ0v) is 20.2. The average Bonchev–Trinajstić information content (AvgIpc) is 3.62. The summed E-state index contributed by atoms with van der Waals surface area (Å²) in [6, 6.07) is 9.22. The van der Waals surface area contributed by atoms with Crippen LogP contribution in [0.2, 0.25) is 0 Å². The molecule has 2 fully saturated rings. The minimum Gasteiger partial charge on any atom is -0.377 e. The molecule has 33 heavy (non-hydrogen) atoms. The number of amides is 2. The molecule has 1 saturated heterocycles. The van der Waals surface area contributed by atoms with E-state index in [2.05, 4.69) is 22.5 Å². The van der Waals surface area contributed by atoms with Crippen LogP contribution in [0, 0.1) is 0 Å². The quantitative estimate of drug-likeness (QED) is 0.472. The molecule has 4 N–H and O–H groups in total. The predicted octanol–water partition coefficient (Wildman–Crippen LogP) is 4.27. The van der Waals surface area contributed by atoms with E-state index in [0.717, 1.165) is 24.3 Å². The van der Waals surface area contributed by atoms with E-state index in [1.807, 2.05) is 37.3 Å². The SMILES string of the molecule is CCNC(=O)Nc1ccc(-c2nc(N3CCOC[C@@H]3CC)cc(C3(S(C)(O)O)CC3)n2)cc1. The smallest absolute Gasteiger partial charge is 0.319 e. The number of aromatic nitrogens is 2. The summed E-state index contributed by atoms with van der Waals surface area (Å²) in [6.07, 6.45) is 3.81. The number of nitrogens with one attached hydrogen (secondary N) is 2. The molecule has 0 radical (unpaired) electrons.